The van der Waals surface area contributed by atoms with Crippen molar-refractivity contribution < 1.29 is 80.2 Å². The Kier molecular flexibility index (Phi) is 74.3. The van der Waals surface area contributed by atoms with Gasteiger partial charge in [0, 0.05) is 25.7 Å². The van der Waals surface area contributed by atoms with Crippen LogP contribution in [0.15, 0.2) is 0 Å². The Bertz CT molecular complexity index is 2060. The smallest absolute Gasteiger partial charge is 0.462 e. The molecule has 106 heavy (non-hydrogen) atoms. The Balaban J connectivity index is 5.21. The fraction of sp³-hybridized carbons (Fsp3) is 0.954. The first-order valence-electron chi connectivity index (χ1n) is 44.7. The second-order valence-corrected chi connectivity index (χ2v) is 36.1. The summed E-state index contributed by atoms with van der Waals surface area (Å²) in [7, 11) is -9.93. The highest BCUT2D eigenvalue weighted by atomic mass is 31.2. The fourth-order valence-electron chi connectivity index (χ4n) is 13.5. The highest BCUT2D eigenvalue weighted by molar-refractivity contribution is 7.47. The average Bonchev–Trinajstić information content (AvgIpc) is 0.916. The van der Waals surface area contributed by atoms with E-state index in [0.717, 1.165) is 114 Å². The number of ether oxygens (including phenoxy) is 4. The van der Waals surface area contributed by atoms with Crippen LogP contribution in [0.4, 0.5) is 0 Å². The summed E-state index contributed by atoms with van der Waals surface area (Å²) in [5.74, 6) is 0.999. The predicted molar refractivity (Wildman–Crippen MR) is 437 cm³/mol. The van der Waals surface area contributed by atoms with Crippen molar-refractivity contribution in [2.45, 2.75) is 472 Å². The quantitative estimate of drug-likeness (QED) is 0.0222. The van der Waals surface area contributed by atoms with Crippen molar-refractivity contribution in [1.29, 1.82) is 0 Å². The molecule has 0 aliphatic heterocycles. The Morgan fingerprint density at radius 2 is 0.396 bits per heavy atom. The van der Waals surface area contributed by atoms with Crippen LogP contribution < -0.4 is 0 Å². The molecule has 0 spiro atoms. The molecule has 0 aromatic rings. The van der Waals surface area contributed by atoms with Gasteiger partial charge in [-0.15, -0.1) is 0 Å². The molecule has 0 bridgehead atoms. The summed E-state index contributed by atoms with van der Waals surface area (Å²) in [6.45, 7) is 14.3. The number of rotatable bonds is 84. The molecule has 0 amide bonds. The van der Waals surface area contributed by atoms with Gasteiger partial charge < -0.3 is 33.8 Å². The van der Waals surface area contributed by atoms with Crippen molar-refractivity contribution in [1.82, 2.24) is 0 Å². The van der Waals surface area contributed by atoms with Gasteiger partial charge in [-0.3, -0.25) is 37.3 Å². The number of aliphatic hydroxyl groups excluding tert-OH is 1. The molecule has 0 heterocycles. The van der Waals surface area contributed by atoms with E-state index in [1.807, 2.05) is 0 Å². The number of esters is 4. The number of carbonyl (C=O) groups excluding carboxylic acids is 4. The summed E-state index contributed by atoms with van der Waals surface area (Å²) in [4.78, 5) is 73.2. The lowest BCUT2D eigenvalue weighted by atomic mass is 10.0. The first-order valence-corrected chi connectivity index (χ1v) is 47.7. The van der Waals surface area contributed by atoms with Crippen molar-refractivity contribution >= 4 is 39.5 Å². The molecule has 0 saturated carbocycles. The molecular formula is C87H170O17P2. The minimum absolute atomic E-state index is 0.106. The van der Waals surface area contributed by atoms with Gasteiger partial charge >= 0.3 is 39.5 Å². The summed E-state index contributed by atoms with van der Waals surface area (Å²) >= 11 is 0. The van der Waals surface area contributed by atoms with E-state index >= 15 is 0 Å². The summed E-state index contributed by atoms with van der Waals surface area (Å²) in [5, 5.41) is 10.7. The molecule has 3 unspecified atom stereocenters. The average molecular weight is 1550 g/mol. The molecule has 0 aliphatic rings. The van der Waals surface area contributed by atoms with E-state index in [-0.39, 0.29) is 25.7 Å². The van der Waals surface area contributed by atoms with E-state index in [1.54, 1.807) is 0 Å². The Morgan fingerprint density at radius 1 is 0.236 bits per heavy atom. The second kappa shape index (κ2) is 75.7. The number of hydrogen-bond donors (Lipinski definition) is 3. The molecule has 0 fully saturated rings. The van der Waals surface area contributed by atoms with Crippen LogP contribution >= 0.6 is 15.6 Å². The minimum atomic E-state index is -4.97. The van der Waals surface area contributed by atoms with Crippen LogP contribution in [0.25, 0.3) is 0 Å². The third-order valence-corrected chi connectivity index (χ3v) is 22.2. The van der Waals surface area contributed by atoms with Crippen molar-refractivity contribution in [3.8, 4) is 0 Å². The molecule has 3 N–H and O–H groups in total. The van der Waals surface area contributed by atoms with E-state index in [0.29, 0.717) is 31.6 Å². The molecule has 0 aliphatic carbocycles. The van der Waals surface area contributed by atoms with Crippen LogP contribution in [0.5, 0.6) is 0 Å². The van der Waals surface area contributed by atoms with Crippen LogP contribution in [0, 0.1) is 23.7 Å². The van der Waals surface area contributed by atoms with E-state index < -0.39 is 97.5 Å². The first-order chi connectivity index (χ1) is 51.1. The zero-order valence-corrected chi connectivity index (χ0v) is 71.9. The third kappa shape index (κ3) is 80.1. The van der Waals surface area contributed by atoms with Gasteiger partial charge in [0.2, 0.25) is 0 Å². The number of phosphoric acid groups is 2. The normalized spacial score (nSPS) is 13.9. The maximum absolute atomic E-state index is 13.2. The fourth-order valence-corrected chi connectivity index (χ4v) is 15.1. The maximum Gasteiger partial charge on any atom is 0.472 e. The van der Waals surface area contributed by atoms with Crippen LogP contribution in [-0.4, -0.2) is 96.7 Å². The van der Waals surface area contributed by atoms with Gasteiger partial charge in [-0.05, 0) is 49.4 Å². The van der Waals surface area contributed by atoms with Gasteiger partial charge in [0.1, 0.15) is 19.3 Å². The second-order valence-electron chi connectivity index (χ2n) is 33.2. The first kappa shape index (κ1) is 104. The van der Waals surface area contributed by atoms with Gasteiger partial charge in [0.05, 0.1) is 26.4 Å². The van der Waals surface area contributed by atoms with E-state index in [2.05, 4.69) is 55.4 Å². The summed E-state index contributed by atoms with van der Waals surface area (Å²) in [6, 6.07) is 0. The lowest BCUT2D eigenvalue weighted by Crippen LogP contribution is -2.30. The SMILES string of the molecule is CC(C)CCCCCCCCCCCCCCCCCCCCC(=O)O[C@H](COC(=O)CCCCCCCCCCCCCCCCCCC(C)C)COP(=O)(O)OCC(O)COP(=O)(O)OC[C@@H](COC(=O)CCCCCCCCC(C)C)OC(=O)CCCCCCCCCCCCCCCCC(C)C. The van der Waals surface area contributed by atoms with E-state index in [1.165, 1.54) is 250 Å². The molecule has 0 aromatic heterocycles. The number of hydrogen-bond acceptors (Lipinski definition) is 15. The van der Waals surface area contributed by atoms with Gasteiger partial charge in [-0.25, -0.2) is 9.13 Å². The van der Waals surface area contributed by atoms with Gasteiger partial charge in [0.25, 0.3) is 0 Å². The van der Waals surface area contributed by atoms with Crippen molar-refractivity contribution in [2.24, 2.45) is 23.7 Å². The van der Waals surface area contributed by atoms with Crippen molar-refractivity contribution in [3.05, 3.63) is 0 Å². The molecule has 5 atom stereocenters. The Labute approximate surface area is 651 Å². The zero-order chi connectivity index (χ0) is 78.1. The van der Waals surface area contributed by atoms with E-state index in [9.17, 15) is 43.2 Å². The molecule has 17 nitrogen and oxygen atoms in total. The molecule has 0 aromatic carbocycles. The van der Waals surface area contributed by atoms with E-state index in [4.69, 9.17) is 37.0 Å². The van der Waals surface area contributed by atoms with Gasteiger partial charge in [-0.1, -0.05) is 402 Å². The number of unbranched alkanes of at least 4 members (excludes halogenated alkanes) is 50. The highest BCUT2D eigenvalue weighted by Gasteiger charge is 2.31. The monoisotopic (exact) mass is 1550 g/mol. The third-order valence-electron chi connectivity index (χ3n) is 20.3. The molecule has 0 radical (unpaired) electrons. The van der Waals surface area contributed by atoms with Crippen LogP contribution in [0.2, 0.25) is 0 Å². The highest BCUT2D eigenvalue weighted by Crippen LogP contribution is 2.45. The Hall–Kier alpha value is -1.94. The van der Waals surface area contributed by atoms with Crippen molar-refractivity contribution in [3.63, 3.8) is 0 Å². The van der Waals surface area contributed by atoms with Crippen LogP contribution in [0.1, 0.15) is 453 Å². The predicted octanol–water partition coefficient (Wildman–Crippen LogP) is 26.3. The minimum Gasteiger partial charge on any atom is -0.462 e. The van der Waals surface area contributed by atoms with Crippen LogP contribution in [-0.2, 0) is 65.4 Å². The van der Waals surface area contributed by atoms with Gasteiger partial charge in [-0.2, -0.15) is 0 Å². The lowest BCUT2D eigenvalue weighted by Gasteiger charge is -2.21. The van der Waals surface area contributed by atoms with Crippen molar-refractivity contribution in [2.75, 3.05) is 39.6 Å². The zero-order valence-electron chi connectivity index (χ0n) is 70.1. The summed E-state index contributed by atoms with van der Waals surface area (Å²) in [6.07, 6.45) is 65.5. The summed E-state index contributed by atoms with van der Waals surface area (Å²) in [5.41, 5.74) is 0. The lowest BCUT2D eigenvalue weighted by molar-refractivity contribution is -0.161. The molecule has 630 valence electrons. The maximum atomic E-state index is 13.2. The number of aliphatic hydroxyl groups is 1. The van der Waals surface area contributed by atoms with Gasteiger partial charge in [0.15, 0.2) is 12.2 Å². The molecular weight excluding hydrogens is 1380 g/mol. The number of phosphoric ester groups is 2. The standard InChI is InChI=1S/C87H170O17P2/c1-77(2)63-55-47-39-33-27-21-15-11-9-10-12-18-25-31-37-43-53-61-69-86(91)103-82(73-97-84(89)67-59-51-42-36-30-24-17-14-13-16-22-28-34-40-48-56-64-78(3)4)75-101-105(93,94)99-71-81(88)72-100-106(95,96)102-76-83(74-98-85(90)68-60-52-46-45-50-58-66-80(7)8)104-87(92)70-62-54-44-38-32-26-20-19-23-29-35-41-49-57-65-79(5)6/h77-83,88H,9-76H2,1-8H3,(H,93,94)(H,95,96)/t81?,82-,83-/m1/s1. The van der Waals surface area contributed by atoms with Crippen LogP contribution in [0.3, 0.4) is 0 Å². The Morgan fingerprint density at radius 3 is 0.585 bits per heavy atom. The largest absolute Gasteiger partial charge is 0.472 e. The molecule has 0 saturated heterocycles. The topological polar surface area (TPSA) is 237 Å². The molecule has 0 rings (SSSR count). The number of carbonyl (C=O) groups is 4. The molecule has 19 heteroatoms. The summed E-state index contributed by atoms with van der Waals surface area (Å²) < 4.78 is 68.9.